The number of carbonyl (C=O) groups excluding carboxylic acids is 2. The van der Waals surface area contributed by atoms with Crippen molar-refractivity contribution in [3.05, 3.63) is 60.2 Å². The number of carbonyl (C=O) groups is 2. The molecule has 2 aromatic carbocycles. The van der Waals surface area contributed by atoms with Crippen LogP contribution in [0.2, 0.25) is 0 Å². The van der Waals surface area contributed by atoms with E-state index in [1.54, 1.807) is 0 Å². The van der Waals surface area contributed by atoms with Gasteiger partial charge in [-0.1, -0.05) is 43.3 Å². The van der Waals surface area contributed by atoms with E-state index in [0.29, 0.717) is 12.2 Å². The molecule has 1 aliphatic rings. The van der Waals surface area contributed by atoms with Crippen LogP contribution in [0.1, 0.15) is 12.5 Å². The number of para-hydroxylation sites is 2. The number of rotatable bonds is 6. The maximum Gasteiger partial charge on any atom is 0.313 e. The van der Waals surface area contributed by atoms with Crippen molar-refractivity contribution in [1.29, 1.82) is 0 Å². The van der Waals surface area contributed by atoms with Crippen LogP contribution in [0.4, 0.5) is 11.4 Å². The Kier molecular flexibility index (Phi) is 7.03. The average Bonchev–Trinajstić information content (AvgIpc) is 2.75. The average molecular weight is 380 g/mol. The first kappa shape index (κ1) is 19.9. The summed E-state index contributed by atoms with van der Waals surface area (Å²) < 4.78 is 0. The molecule has 6 heteroatoms. The zero-order chi connectivity index (χ0) is 19.8. The van der Waals surface area contributed by atoms with Crippen molar-refractivity contribution >= 4 is 23.2 Å². The van der Waals surface area contributed by atoms with Crippen molar-refractivity contribution in [3.8, 4) is 0 Å². The summed E-state index contributed by atoms with van der Waals surface area (Å²) in [6, 6.07) is 17.9. The molecule has 148 valence electrons. The quantitative estimate of drug-likeness (QED) is 0.754. The van der Waals surface area contributed by atoms with Gasteiger partial charge in [-0.15, -0.1) is 0 Å². The first-order chi connectivity index (χ1) is 13.7. The number of benzene rings is 2. The van der Waals surface area contributed by atoms with Gasteiger partial charge in [-0.3, -0.25) is 14.5 Å². The first-order valence-corrected chi connectivity index (χ1v) is 9.87. The molecule has 28 heavy (non-hydrogen) atoms. The fourth-order valence-corrected chi connectivity index (χ4v) is 3.41. The van der Waals surface area contributed by atoms with E-state index in [-0.39, 0.29) is 0 Å². The number of piperazine rings is 1. The number of hydrogen-bond donors (Lipinski definition) is 2. The molecule has 2 aromatic rings. The number of amides is 2. The van der Waals surface area contributed by atoms with Gasteiger partial charge in [0, 0.05) is 50.6 Å². The summed E-state index contributed by atoms with van der Waals surface area (Å²) in [5.74, 6) is -1.20. The largest absolute Gasteiger partial charge is 0.369 e. The van der Waals surface area contributed by atoms with Crippen LogP contribution in [0.5, 0.6) is 0 Å². The van der Waals surface area contributed by atoms with Gasteiger partial charge in [0.05, 0.1) is 0 Å². The van der Waals surface area contributed by atoms with Crippen molar-refractivity contribution in [2.24, 2.45) is 0 Å². The van der Waals surface area contributed by atoms with Gasteiger partial charge in [0.1, 0.15) is 0 Å². The molecule has 0 saturated carbocycles. The summed E-state index contributed by atoms with van der Waals surface area (Å²) in [6.45, 7) is 7.04. The van der Waals surface area contributed by atoms with E-state index < -0.39 is 11.8 Å². The Morgan fingerprint density at radius 1 is 0.893 bits per heavy atom. The third kappa shape index (κ3) is 5.33. The molecular weight excluding hydrogens is 352 g/mol. The highest BCUT2D eigenvalue weighted by Gasteiger charge is 2.18. The van der Waals surface area contributed by atoms with Gasteiger partial charge in [-0.2, -0.15) is 0 Å². The van der Waals surface area contributed by atoms with Gasteiger partial charge >= 0.3 is 11.8 Å². The predicted octanol–water partition coefficient (Wildman–Crippen LogP) is 2.13. The lowest BCUT2D eigenvalue weighted by Gasteiger charge is -2.36. The second-order valence-electron chi connectivity index (χ2n) is 6.88. The van der Waals surface area contributed by atoms with Gasteiger partial charge < -0.3 is 15.5 Å². The van der Waals surface area contributed by atoms with Crippen LogP contribution in [-0.4, -0.2) is 56.0 Å². The molecule has 3 rings (SSSR count). The molecule has 0 bridgehead atoms. The van der Waals surface area contributed by atoms with Crippen LogP contribution in [0.3, 0.4) is 0 Å². The first-order valence-electron chi connectivity index (χ1n) is 9.87. The third-order valence-electron chi connectivity index (χ3n) is 5.06. The third-order valence-corrected chi connectivity index (χ3v) is 5.06. The van der Waals surface area contributed by atoms with Crippen molar-refractivity contribution in [3.63, 3.8) is 0 Å². The highest BCUT2D eigenvalue weighted by Crippen LogP contribution is 2.16. The minimum absolute atomic E-state index is 0.465. The minimum Gasteiger partial charge on any atom is -0.369 e. The molecule has 0 radical (unpaired) electrons. The van der Waals surface area contributed by atoms with E-state index in [4.69, 9.17) is 0 Å². The van der Waals surface area contributed by atoms with Crippen LogP contribution in [-0.2, 0) is 16.0 Å². The molecule has 6 nitrogen and oxygen atoms in total. The summed E-state index contributed by atoms with van der Waals surface area (Å²) in [7, 11) is 0. The summed E-state index contributed by atoms with van der Waals surface area (Å²) in [6.07, 6.45) is 0.799. The van der Waals surface area contributed by atoms with Gasteiger partial charge in [0.2, 0.25) is 0 Å². The maximum atomic E-state index is 12.1. The van der Waals surface area contributed by atoms with Crippen molar-refractivity contribution in [2.75, 3.05) is 49.5 Å². The van der Waals surface area contributed by atoms with Gasteiger partial charge in [-0.25, -0.2) is 0 Å². The monoisotopic (exact) mass is 380 g/mol. The van der Waals surface area contributed by atoms with Crippen LogP contribution < -0.4 is 15.5 Å². The summed E-state index contributed by atoms with van der Waals surface area (Å²) in [5.41, 5.74) is 2.96. The van der Waals surface area contributed by atoms with Gasteiger partial charge in [0.15, 0.2) is 0 Å². The fourth-order valence-electron chi connectivity index (χ4n) is 3.41. The second kappa shape index (κ2) is 9.90. The molecule has 2 N–H and O–H groups in total. The Balaban J connectivity index is 1.38. The normalized spacial score (nSPS) is 14.5. The van der Waals surface area contributed by atoms with E-state index in [0.717, 1.165) is 44.7 Å². The SMILES string of the molecule is CCc1ccccc1NC(=O)C(=O)NCCN1CCN(c2ccccc2)CC1. The number of hydrogen-bond acceptors (Lipinski definition) is 4. The second-order valence-corrected chi connectivity index (χ2v) is 6.88. The highest BCUT2D eigenvalue weighted by molar-refractivity contribution is 6.39. The maximum absolute atomic E-state index is 12.1. The number of anilines is 2. The Hall–Kier alpha value is -2.86. The smallest absolute Gasteiger partial charge is 0.313 e. The number of nitrogens with zero attached hydrogens (tertiary/aromatic N) is 2. The molecule has 1 saturated heterocycles. The zero-order valence-corrected chi connectivity index (χ0v) is 16.4. The van der Waals surface area contributed by atoms with Crippen molar-refractivity contribution < 1.29 is 9.59 Å². The van der Waals surface area contributed by atoms with Crippen molar-refractivity contribution in [2.45, 2.75) is 13.3 Å². The van der Waals surface area contributed by atoms with Gasteiger partial charge in [-0.05, 0) is 30.2 Å². The highest BCUT2D eigenvalue weighted by atomic mass is 16.2. The van der Waals surface area contributed by atoms with Crippen LogP contribution in [0.25, 0.3) is 0 Å². The molecule has 0 spiro atoms. The lowest BCUT2D eigenvalue weighted by atomic mass is 10.1. The predicted molar refractivity (Wildman–Crippen MR) is 113 cm³/mol. The van der Waals surface area contributed by atoms with E-state index in [2.05, 4.69) is 44.7 Å². The Morgan fingerprint density at radius 2 is 1.57 bits per heavy atom. The Labute approximate surface area is 166 Å². The molecule has 2 amide bonds. The van der Waals surface area contributed by atoms with Crippen LogP contribution >= 0.6 is 0 Å². The molecule has 1 aliphatic heterocycles. The summed E-state index contributed by atoms with van der Waals surface area (Å²) in [5, 5.41) is 5.43. The molecule has 0 aliphatic carbocycles. The molecule has 0 atom stereocenters. The molecule has 0 aromatic heterocycles. The lowest BCUT2D eigenvalue weighted by molar-refractivity contribution is -0.136. The van der Waals surface area contributed by atoms with Crippen molar-refractivity contribution in [1.82, 2.24) is 10.2 Å². The molecule has 1 fully saturated rings. The Morgan fingerprint density at radius 3 is 2.29 bits per heavy atom. The summed E-state index contributed by atoms with van der Waals surface area (Å²) in [4.78, 5) is 28.9. The van der Waals surface area contributed by atoms with Gasteiger partial charge in [0.25, 0.3) is 0 Å². The van der Waals surface area contributed by atoms with Crippen LogP contribution in [0, 0.1) is 0 Å². The molecular formula is C22H28N4O2. The Bertz CT molecular complexity index is 786. The van der Waals surface area contributed by atoms with Crippen LogP contribution in [0.15, 0.2) is 54.6 Å². The fraction of sp³-hybridized carbons (Fsp3) is 0.364. The summed E-state index contributed by atoms with van der Waals surface area (Å²) >= 11 is 0. The molecule has 1 heterocycles. The standard InChI is InChI=1S/C22H28N4O2/c1-2-18-8-6-7-11-20(18)24-22(28)21(27)23-12-13-25-14-16-26(17-15-25)19-9-4-3-5-10-19/h3-11H,2,12-17H2,1H3,(H,23,27)(H,24,28). The minimum atomic E-state index is -0.616. The number of aryl methyl sites for hydroxylation is 1. The van der Waals surface area contributed by atoms with E-state index in [1.165, 1.54) is 5.69 Å². The van der Waals surface area contributed by atoms with E-state index in [9.17, 15) is 9.59 Å². The van der Waals surface area contributed by atoms with E-state index in [1.807, 2.05) is 37.3 Å². The molecule has 0 unspecified atom stereocenters. The topological polar surface area (TPSA) is 64.7 Å². The lowest BCUT2D eigenvalue weighted by Crippen LogP contribution is -2.49. The number of nitrogens with one attached hydrogen (secondary N) is 2. The van der Waals surface area contributed by atoms with E-state index >= 15 is 0 Å². The zero-order valence-electron chi connectivity index (χ0n) is 16.4.